The highest BCUT2D eigenvalue weighted by Gasteiger charge is 2.12. The lowest BCUT2D eigenvalue weighted by atomic mass is 10.1. The van der Waals surface area contributed by atoms with Crippen molar-refractivity contribution in [2.24, 2.45) is 0 Å². The van der Waals surface area contributed by atoms with E-state index in [0.717, 1.165) is 16.8 Å². The van der Waals surface area contributed by atoms with Crippen LogP contribution in [0.2, 0.25) is 0 Å². The molecule has 0 aliphatic carbocycles. The molecular weight excluding hydrogens is 350 g/mol. The highest BCUT2D eigenvalue weighted by atomic mass is 16.2. The van der Waals surface area contributed by atoms with E-state index >= 15 is 0 Å². The maximum absolute atomic E-state index is 12.5. The van der Waals surface area contributed by atoms with Gasteiger partial charge in [0, 0.05) is 16.8 Å². The molecule has 0 unspecified atom stereocenters. The monoisotopic (exact) mass is 369 g/mol. The summed E-state index contributed by atoms with van der Waals surface area (Å²) in [5.74, 6) is -0.584. The van der Waals surface area contributed by atoms with Gasteiger partial charge in [-0.3, -0.25) is 9.59 Å². The summed E-state index contributed by atoms with van der Waals surface area (Å²) in [6, 6.07) is 21.1. The molecule has 0 spiro atoms. The van der Waals surface area contributed by atoms with Crippen molar-refractivity contribution < 1.29 is 9.59 Å². The quantitative estimate of drug-likeness (QED) is 0.700. The fraction of sp³-hybridized carbons (Fsp3) is 0.0870. The number of carbonyl (C=O) groups excluding carboxylic acids is 2. The molecule has 0 bridgehead atoms. The van der Waals surface area contributed by atoms with Crippen LogP contribution in [0.4, 0.5) is 11.4 Å². The van der Waals surface area contributed by atoms with Crippen molar-refractivity contribution in [2.45, 2.75) is 13.8 Å². The van der Waals surface area contributed by atoms with Crippen LogP contribution in [0, 0.1) is 25.2 Å². The van der Waals surface area contributed by atoms with Gasteiger partial charge in [-0.1, -0.05) is 24.3 Å². The smallest absolute Gasteiger partial charge is 0.255 e. The number of amides is 2. The van der Waals surface area contributed by atoms with Crippen LogP contribution < -0.4 is 10.6 Å². The fourth-order valence-corrected chi connectivity index (χ4v) is 2.72. The zero-order valence-corrected chi connectivity index (χ0v) is 15.6. The Morgan fingerprint density at radius 2 is 1.36 bits per heavy atom. The summed E-state index contributed by atoms with van der Waals surface area (Å²) in [7, 11) is 0. The van der Waals surface area contributed by atoms with Crippen LogP contribution in [-0.4, -0.2) is 11.8 Å². The summed E-state index contributed by atoms with van der Waals surface area (Å²) in [4.78, 5) is 24.9. The number of nitrogens with one attached hydrogen (secondary N) is 2. The van der Waals surface area contributed by atoms with E-state index in [1.54, 1.807) is 48.5 Å². The van der Waals surface area contributed by atoms with Crippen molar-refractivity contribution in [3.8, 4) is 6.07 Å². The first-order valence-corrected chi connectivity index (χ1v) is 8.77. The maximum atomic E-state index is 12.5. The molecule has 2 N–H and O–H groups in total. The van der Waals surface area contributed by atoms with Crippen LogP contribution >= 0.6 is 0 Å². The molecule has 0 saturated carbocycles. The minimum atomic E-state index is -0.343. The molecule has 0 aliphatic rings. The molecule has 0 aliphatic heterocycles. The minimum Gasteiger partial charge on any atom is -0.322 e. The van der Waals surface area contributed by atoms with Gasteiger partial charge in [-0.05, 0) is 67.4 Å². The SMILES string of the molecule is Cc1ccc(C)c(NC(=O)c2ccc(C(=O)Nc3ccccc3C#N)cc2)c1. The Hall–Kier alpha value is -3.91. The Kier molecular flexibility index (Phi) is 5.52. The first kappa shape index (κ1) is 18.9. The summed E-state index contributed by atoms with van der Waals surface area (Å²) in [6.45, 7) is 3.90. The first-order chi connectivity index (χ1) is 13.5. The summed E-state index contributed by atoms with van der Waals surface area (Å²) in [5, 5.41) is 14.7. The number of benzene rings is 3. The lowest BCUT2D eigenvalue weighted by molar-refractivity contribution is 0.101. The molecule has 5 nitrogen and oxygen atoms in total. The Bertz CT molecular complexity index is 1080. The zero-order valence-electron chi connectivity index (χ0n) is 15.6. The lowest BCUT2D eigenvalue weighted by Crippen LogP contribution is -2.15. The molecule has 28 heavy (non-hydrogen) atoms. The third-order valence-corrected chi connectivity index (χ3v) is 4.35. The molecule has 5 heteroatoms. The van der Waals surface area contributed by atoms with Gasteiger partial charge in [0.15, 0.2) is 0 Å². The number of aryl methyl sites for hydroxylation is 2. The number of rotatable bonds is 4. The van der Waals surface area contributed by atoms with Crippen LogP contribution in [0.15, 0.2) is 66.7 Å². The van der Waals surface area contributed by atoms with Gasteiger partial charge in [0.05, 0.1) is 11.3 Å². The zero-order chi connectivity index (χ0) is 20.1. The van der Waals surface area contributed by atoms with Crippen molar-refractivity contribution in [3.63, 3.8) is 0 Å². The summed E-state index contributed by atoms with van der Waals surface area (Å²) >= 11 is 0. The number of hydrogen-bond donors (Lipinski definition) is 2. The van der Waals surface area contributed by atoms with Gasteiger partial charge in [-0.25, -0.2) is 0 Å². The molecule has 3 aromatic carbocycles. The molecule has 0 heterocycles. The highest BCUT2D eigenvalue weighted by Crippen LogP contribution is 2.18. The number of nitriles is 1. The van der Waals surface area contributed by atoms with Crippen molar-refractivity contribution in [1.82, 2.24) is 0 Å². The van der Waals surface area contributed by atoms with Gasteiger partial charge in [-0.2, -0.15) is 5.26 Å². The standard InChI is InChI=1S/C23H19N3O2/c1-15-7-8-16(2)21(13-15)26-23(28)18-11-9-17(10-12-18)22(27)25-20-6-4-3-5-19(20)14-24/h3-13H,1-2H3,(H,25,27)(H,26,28). The third-order valence-electron chi connectivity index (χ3n) is 4.35. The minimum absolute atomic E-state index is 0.240. The highest BCUT2D eigenvalue weighted by molar-refractivity contribution is 6.07. The Morgan fingerprint density at radius 3 is 1.96 bits per heavy atom. The van der Waals surface area contributed by atoms with E-state index < -0.39 is 0 Å². The summed E-state index contributed by atoms with van der Waals surface area (Å²) < 4.78 is 0. The molecular formula is C23H19N3O2. The number of anilines is 2. The first-order valence-electron chi connectivity index (χ1n) is 8.77. The maximum Gasteiger partial charge on any atom is 0.255 e. The summed E-state index contributed by atoms with van der Waals surface area (Å²) in [6.07, 6.45) is 0. The molecule has 0 aromatic heterocycles. The topological polar surface area (TPSA) is 82.0 Å². The van der Waals surface area contributed by atoms with Crippen molar-refractivity contribution >= 4 is 23.2 Å². The van der Waals surface area contributed by atoms with Crippen LogP contribution in [0.1, 0.15) is 37.4 Å². The Balaban J connectivity index is 1.72. The Labute approximate surface area is 163 Å². The second-order valence-corrected chi connectivity index (χ2v) is 6.46. The molecule has 0 radical (unpaired) electrons. The van der Waals surface area contributed by atoms with E-state index in [-0.39, 0.29) is 11.8 Å². The van der Waals surface area contributed by atoms with Crippen LogP contribution in [0.5, 0.6) is 0 Å². The fourth-order valence-electron chi connectivity index (χ4n) is 2.72. The summed E-state index contributed by atoms with van der Waals surface area (Å²) in [5.41, 5.74) is 4.50. The second kappa shape index (κ2) is 8.19. The largest absolute Gasteiger partial charge is 0.322 e. The normalized spacial score (nSPS) is 10.0. The van der Waals surface area contributed by atoms with Gasteiger partial charge >= 0.3 is 0 Å². The van der Waals surface area contributed by atoms with Crippen molar-refractivity contribution in [2.75, 3.05) is 10.6 Å². The van der Waals surface area contributed by atoms with E-state index in [9.17, 15) is 9.59 Å². The Morgan fingerprint density at radius 1 is 0.786 bits per heavy atom. The van der Waals surface area contributed by atoms with Gasteiger partial charge in [-0.15, -0.1) is 0 Å². The third kappa shape index (κ3) is 4.25. The molecule has 0 saturated heterocycles. The lowest BCUT2D eigenvalue weighted by Gasteiger charge is -2.10. The van der Waals surface area contributed by atoms with Crippen LogP contribution in [0.25, 0.3) is 0 Å². The van der Waals surface area contributed by atoms with Gasteiger partial charge < -0.3 is 10.6 Å². The number of hydrogen-bond acceptors (Lipinski definition) is 3. The van der Waals surface area contributed by atoms with Gasteiger partial charge in [0.1, 0.15) is 6.07 Å². The molecule has 0 atom stereocenters. The average Bonchev–Trinajstić information content (AvgIpc) is 2.71. The number of para-hydroxylation sites is 1. The van der Waals surface area contributed by atoms with Crippen LogP contribution in [-0.2, 0) is 0 Å². The second-order valence-electron chi connectivity index (χ2n) is 6.46. The van der Waals surface area contributed by atoms with E-state index in [0.29, 0.717) is 22.4 Å². The van der Waals surface area contributed by atoms with E-state index in [4.69, 9.17) is 5.26 Å². The predicted molar refractivity (Wildman–Crippen MR) is 109 cm³/mol. The predicted octanol–water partition coefficient (Wildman–Crippen LogP) is 4.68. The molecule has 2 amide bonds. The van der Waals surface area contributed by atoms with Crippen molar-refractivity contribution in [1.29, 1.82) is 5.26 Å². The molecule has 0 fully saturated rings. The van der Waals surface area contributed by atoms with Crippen molar-refractivity contribution in [3.05, 3.63) is 94.5 Å². The van der Waals surface area contributed by atoms with Gasteiger partial charge in [0.2, 0.25) is 0 Å². The van der Waals surface area contributed by atoms with E-state index in [2.05, 4.69) is 10.6 Å². The molecule has 3 rings (SSSR count). The molecule has 3 aromatic rings. The molecule has 138 valence electrons. The number of carbonyl (C=O) groups is 2. The average molecular weight is 369 g/mol. The van der Waals surface area contributed by atoms with Crippen LogP contribution in [0.3, 0.4) is 0 Å². The van der Waals surface area contributed by atoms with E-state index in [1.165, 1.54) is 0 Å². The number of nitrogens with zero attached hydrogens (tertiary/aromatic N) is 1. The van der Waals surface area contributed by atoms with E-state index in [1.807, 2.05) is 38.1 Å². The van der Waals surface area contributed by atoms with Gasteiger partial charge in [0.25, 0.3) is 11.8 Å².